The van der Waals surface area contributed by atoms with E-state index in [-0.39, 0.29) is 29.3 Å². The summed E-state index contributed by atoms with van der Waals surface area (Å²) in [5.74, 6) is -0.650. The van der Waals surface area contributed by atoms with Crippen LogP contribution in [0.3, 0.4) is 0 Å². The monoisotopic (exact) mass is 424 g/mol. The third-order valence-electron chi connectivity index (χ3n) is 5.59. The van der Waals surface area contributed by atoms with Gasteiger partial charge in [-0.2, -0.15) is 0 Å². The molecule has 162 valence electrons. The molecule has 0 saturated heterocycles. The number of ether oxygens (including phenoxy) is 1. The molecule has 0 spiro atoms. The van der Waals surface area contributed by atoms with E-state index in [0.29, 0.717) is 17.0 Å². The molecule has 0 bridgehead atoms. The number of fused-ring (bicyclic) bond motifs is 1. The van der Waals surface area contributed by atoms with Crippen molar-refractivity contribution in [2.24, 2.45) is 11.5 Å². The maximum atomic E-state index is 14.7. The summed E-state index contributed by atoms with van der Waals surface area (Å²) in [6, 6.07) is 8.11. The lowest BCUT2D eigenvalue weighted by molar-refractivity contribution is 0.100. The normalized spacial score (nSPS) is 18.5. The van der Waals surface area contributed by atoms with Crippen molar-refractivity contribution in [1.82, 2.24) is 9.97 Å². The topological polar surface area (TPSA) is 128 Å². The number of aromatic nitrogens is 2. The molecule has 1 fully saturated rings. The Kier molecular flexibility index (Phi) is 5.85. The van der Waals surface area contributed by atoms with Crippen molar-refractivity contribution in [3.63, 3.8) is 0 Å². The van der Waals surface area contributed by atoms with Crippen molar-refractivity contribution in [1.29, 1.82) is 0 Å². The van der Waals surface area contributed by atoms with Crippen molar-refractivity contribution in [3.05, 3.63) is 47.9 Å². The van der Waals surface area contributed by atoms with E-state index >= 15 is 0 Å². The van der Waals surface area contributed by atoms with Gasteiger partial charge in [-0.05, 0) is 43.2 Å². The summed E-state index contributed by atoms with van der Waals surface area (Å²) in [5.41, 5.74) is 12.9. The Labute approximate surface area is 179 Å². The van der Waals surface area contributed by atoms with Crippen LogP contribution in [0.5, 0.6) is 5.75 Å². The van der Waals surface area contributed by atoms with E-state index < -0.39 is 11.7 Å². The quantitative estimate of drug-likeness (QED) is 0.478. The van der Waals surface area contributed by atoms with E-state index in [2.05, 4.69) is 20.6 Å². The number of nitrogens with one attached hydrogen (secondary N) is 2. The van der Waals surface area contributed by atoms with Gasteiger partial charge < -0.3 is 26.8 Å². The minimum Gasteiger partial charge on any atom is -0.494 e. The largest absolute Gasteiger partial charge is 0.494 e. The molecule has 0 radical (unpaired) electrons. The first-order valence-corrected chi connectivity index (χ1v) is 10.2. The highest BCUT2D eigenvalue weighted by molar-refractivity contribution is 6.01. The lowest BCUT2D eigenvalue weighted by atomic mass is 9.91. The highest BCUT2D eigenvalue weighted by Gasteiger charge is 2.24. The molecule has 0 aliphatic heterocycles. The van der Waals surface area contributed by atoms with Gasteiger partial charge in [0.25, 0.3) is 5.91 Å². The Morgan fingerprint density at radius 2 is 2.03 bits per heavy atom. The second kappa shape index (κ2) is 8.73. The number of pyridine rings is 2. The number of nitrogens with two attached hydrogens (primary N) is 2. The molecule has 1 aliphatic rings. The van der Waals surface area contributed by atoms with Crippen LogP contribution in [0.25, 0.3) is 10.9 Å². The first-order valence-electron chi connectivity index (χ1n) is 10.2. The summed E-state index contributed by atoms with van der Waals surface area (Å²) in [7, 11) is 1.57. The van der Waals surface area contributed by atoms with Gasteiger partial charge in [0.1, 0.15) is 17.1 Å². The van der Waals surface area contributed by atoms with Crippen LogP contribution in [0.2, 0.25) is 0 Å². The molecule has 3 aromatic rings. The number of anilines is 3. The number of methoxy groups -OCH3 is 1. The first kappa shape index (κ1) is 20.8. The number of benzene rings is 1. The van der Waals surface area contributed by atoms with E-state index in [0.717, 1.165) is 37.1 Å². The molecule has 1 amide bonds. The maximum absolute atomic E-state index is 14.7. The number of amides is 1. The predicted molar refractivity (Wildman–Crippen MR) is 118 cm³/mol. The number of carbonyl (C=O) groups is 1. The van der Waals surface area contributed by atoms with E-state index in [9.17, 15) is 9.18 Å². The fourth-order valence-corrected chi connectivity index (χ4v) is 3.94. The van der Waals surface area contributed by atoms with E-state index in [1.54, 1.807) is 31.5 Å². The number of primary amides is 1. The van der Waals surface area contributed by atoms with Crippen molar-refractivity contribution < 1.29 is 13.9 Å². The van der Waals surface area contributed by atoms with Crippen molar-refractivity contribution in [2.45, 2.75) is 37.8 Å². The van der Waals surface area contributed by atoms with Crippen LogP contribution in [0, 0.1) is 5.82 Å². The highest BCUT2D eigenvalue weighted by atomic mass is 19.1. The smallest absolute Gasteiger partial charge is 0.252 e. The zero-order valence-corrected chi connectivity index (χ0v) is 17.2. The summed E-state index contributed by atoms with van der Waals surface area (Å²) in [6.07, 6.45) is 5.44. The highest BCUT2D eigenvalue weighted by Crippen LogP contribution is 2.33. The predicted octanol–water partition coefficient (Wildman–Crippen LogP) is 3.30. The van der Waals surface area contributed by atoms with E-state index in [1.807, 2.05) is 6.07 Å². The van der Waals surface area contributed by atoms with Crippen molar-refractivity contribution in [2.75, 3.05) is 17.7 Å². The molecule has 4 rings (SSSR count). The molecule has 1 saturated carbocycles. The van der Waals surface area contributed by atoms with Crippen molar-refractivity contribution >= 4 is 34.1 Å². The number of hydrogen-bond donors (Lipinski definition) is 4. The molecule has 1 aromatic carbocycles. The Balaban J connectivity index is 1.74. The third-order valence-corrected chi connectivity index (χ3v) is 5.59. The van der Waals surface area contributed by atoms with Crippen LogP contribution in [0.4, 0.5) is 21.7 Å². The van der Waals surface area contributed by atoms with E-state index in [4.69, 9.17) is 16.2 Å². The summed E-state index contributed by atoms with van der Waals surface area (Å²) in [6.45, 7) is 0. The Morgan fingerprint density at radius 3 is 2.77 bits per heavy atom. The number of hydrogen-bond acceptors (Lipinski definition) is 7. The van der Waals surface area contributed by atoms with Gasteiger partial charge in [-0.1, -0.05) is 12.8 Å². The van der Waals surface area contributed by atoms with E-state index in [1.165, 1.54) is 0 Å². The number of carbonyl (C=O) groups excluding carboxylic acids is 1. The SMILES string of the molecule is COc1ccc(Nc2nc(NC3CCCC[C@@H]3N)c(F)cc2C(N)=O)c2cccnc12. The maximum Gasteiger partial charge on any atom is 0.252 e. The number of nitrogens with zero attached hydrogens (tertiary/aromatic N) is 2. The van der Waals surface area contributed by atoms with Gasteiger partial charge >= 0.3 is 0 Å². The molecule has 2 atom stereocenters. The van der Waals surface area contributed by atoms with Gasteiger partial charge in [0, 0.05) is 29.4 Å². The minimum absolute atomic E-state index is 0.0331. The van der Waals surface area contributed by atoms with Crippen LogP contribution in [-0.2, 0) is 0 Å². The standard InChI is InChI=1S/C22H25FN6O2/c1-31-18-9-8-16(12-5-4-10-26-19(12)18)27-21-13(20(25)30)11-14(23)22(29-21)28-17-7-3-2-6-15(17)24/h4-5,8-11,15,17H,2-3,6-7,24H2,1H3,(H2,25,30)(H2,27,28,29)/t15-,17?/m0/s1. The lowest BCUT2D eigenvalue weighted by Crippen LogP contribution is -2.43. The average molecular weight is 424 g/mol. The molecule has 6 N–H and O–H groups in total. The number of halogens is 1. The van der Waals surface area contributed by atoms with Gasteiger partial charge in [-0.25, -0.2) is 9.37 Å². The molecule has 2 heterocycles. The molecule has 9 heteroatoms. The third kappa shape index (κ3) is 4.22. The van der Waals surface area contributed by atoms with Gasteiger partial charge in [-0.3, -0.25) is 9.78 Å². The Bertz CT molecular complexity index is 1120. The zero-order chi connectivity index (χ0) is 22.0. The summed E-state index contributed by atoms with van der Waals surface area (Å²) >= 11 is 0. The van der Waals surface area contributed by atoms with Crippen molar-refractivity contribution in [3.8, 4) is 5.75 Å². The molecule has 1 aliphatic carbocycles. The van der Waals surface area contributed by atoms with Gasteiger partial charge in [-0.15, -0.1) is 0 Å². The van der Waals surface area contributed by atoms with Crippen LogP contribution in [-0.4, -0.2) is 35.1 Å². The lowest BCUT2D eigenvalue weighted by Gasteiger charge is -2.30. The number of rotatable bonds is 6. The molecular weight excluding hydrogens is 399 g/mol. The first-order chi connectivity index (χ1) is 15.0. The Hall–Kier alpha value is -3.46. The second-order valence-corrected chi connectivity index (χ2v) is 7.62. The van der Waals surface area contributed by atoms with Gasteiger partial charge in [0.15, 0.2) is 11.6 Å². The van der Waals surface area contributed by atoms with Crippen LogP contribution < -0.4 is 26.8 Å². The molecule has 8 nitrogen and oxygen atoms in total. The molecule has 2 aromatic heterocycles. The van der Waals surface area contributed by atoms with Crippen LogP contribution >= 0.6 is 0 Å². The van der Waals surface area contributed by atoms with Crippen LogP contribution in [0.1, 0.15) is 36.0 Å². The fourth-order valence-electron chi connectivity index (χ4n) is 3.94. The van der Waals surface area contributed by atoms with Gasteiger partial charge in [0.2, 0.25) is 0 Å². The van der Waals surface area contributed by atoms with Crippen LogP contribution in [0.15, 0.2) is 36.5 Å². The summed E-state index contributed by atoms with van der Waals surface area (Å²) in [4.78, 5) is 20.7. The zero-order valence-electron chi connectivity index (χ0n) is 17.2. The average Bonchev–Trinajstić information content (AvgIpc) is 2.77. The molecular formula is C22H25FN6O2. The Morgan fingerprint density at radius 1 is 1.23 bits per heavy atom. The molecule has 1 unspecified atom stereocenters. The minimum atomic E-state index is -0.786. The fraction of sp³-hybridized carbons (Fsp3) is 0.318. The summed E-state index contributed by atoms with van der Waals surface area (Å²) < 4.78 is 20.1. The second-order valence-electron chi connectivity index (χ2n) is 7.62. The molecule has 31 heavy (non-hydrogen) atoms. The summed E-state index contributed by atoms with van der Waals surface area (Å²) in [5, 5.41) is 6.99. The van der Waals surface area contributed by atoms with Gasteiger partial charge in [0.05, 0.1) is 12.7 Å².